The number of carboxylic acid groups (broad SMARTS) is 1. The van der Waals surface area contributed by atoms with E-state index in [9.17, 15) is 18.0 Å². The van der Waals surface area contributed by atoms with Gasteiger partial charge in [0, 0.05) is 37.3 Å². The predicted octanol–water partition coefficient (Wildman–Crippen LogP) is 2.70. The number of nitrogens with one attached hydrogen (secondary N) is 1. The molecule has 0 spiro atoms. The van der Waals surface area contributed by atoms with Gasteiger partial charge in [-0.15, -0.1) is 11.3 Å². The van der Waals surface area contributed by atoms with E-state index in [0.29, 0.717) is 6.54 Å². The van der Waals surface area contributed by atoms with Crippen LogP contribution in [0.3, 0.4) is 0 Å². The van der Waals surface area contributed by atoms with Crippen LogP contribution in [0.2, 0.25) is 0 Å². The molecule has 1 aliphatic carbocycles. The smallest absolute Gasteiger partial charge is 0.475 e. The molecule has 30 heavy (non-hydrogen) atoms. The minimum Gasteiger partial charge on any atom is -0.475 e. The van der Waals surface area contributed by atoms with Crippen LogP contribution in [0.25, 0.3) is 0 Å². The third-order valence-corrected chi connectivity index (χ3v) is 5.81. The lowest BCUT2D eigenvalue weighted by Crippen LogP contribution is -2.45. The second-order valence-corrected chi connectivity index (χ2v) is 8.38. The fourth-order valence-electron chi connectivity index (χ4n) is 3.24. The summed E-state index contributed by atoms with van der Waals surface area (Å²) in [6.45, 7) is 3.49. The molecule has 4 rings (SSSR count). The van der Waals surface area contributed by atoms with Crippen molar-refractivity contribution in [2.24, 2.45) is 5.92 Å². The largest absolute Gasteiger partial charge is 0.490 e. The van der Waals surface area contributed by atoms with Crippen molar-refractivity contribution in [1.82, 2.24) is 20.0 Å². The Morgan fingerprint density at radius 3 is 2.63 bits per heavy atom. The SMILES string of the molecule is O=C(NCCc1cccs1)C1CN(CC2CC2)Cc2ccnn21.O=C(O)C(F)(F)F. The molecule has 0 bridgehead atoms. The van der Waals surface area contributed by atoms with E-state index in [0.717, 1.165) is 37.7 Å². The first-order chi connectivity index (χ1) is 14.2. The number of carbonyl (C=O) groups excluding carboxylic acids is 1. The summed E-state index contributed by atoms with van der Waals surface area (Å²) in [5, 5.41) is 16.7. The summed E-state index contributed by atoms with van der Waals surface area (Å²) < 4.78 is 33.6. The molecular formula is C19H23F3N4O3S. The number of hydrogen-bond acceptors (Lipinski definition) is 5. The van der Waals surface area contributed by atoms with Crippen molar-refractivity contribution < 1.29 is 27.9 Å². The van der Waals surface area contributed by atoms with Gasteiger partial charge in [0.15, 0.2) is 0 Å². The van der Waals surface area contributed by atoms with E-state index in [1.54, 1.807) is 11.3 Å². The van der Waals surface area contributed by atoms with Crippen LogP contribution in [-0.4, -0.2) is 57.5 Å². The van der Waals surface area contributed by atoms with E-state index in [-0.39, 0.29) is 11.9 Å². The Bertz CT molecular complexity index is 850. The number of hydrogen-bond donors (Lipinski definition) is 2. The first-order valence-corrected chi connectivity index (χ1v) is 10.5. The Morgan fingerprint density at radius 1 is 1.30 bits per heavy atom. The number of nitrogens with zero attached hydrogens (tertiary/aromatic N) is 3. The van der Waals surface area contributed by atoms with E-state index < -0.39 is 12.1 Å². The van der Waals surface area contributed by atoms with Crippen molar-refractivity contribution in [1.29, 1.82) is 0 Å². The van der Waals surface area contributed by atoms with Gasteiger partial charge in [-0.05, 0) is 42.7 Å². The number of halogens is 3. The highest BCUT2D eigenvalue weighted by Crippen LogP contribution is 2.32. The molecule has 11 heteroatoms. The zero-order valence-electron chi connectivity index (χ0n) is 16.1. The maximum absolute atomic E-state index is 12.6. The molecule has 164 valence electrons. The van der Waals surface area contributed by atoms with Crippen molar-refractivity contribution in [2.75, 3.05) is 19.6 Å². The molecule has 2 aromatic rings. The molecule has 2 aromatic heterocycles. The van der Waals surface area contributed by atoms with Crippen LogP contribution in [0.5, 0.6) is 0 Å². The lowest BCUT2D eigenvalue weighted by molar-refractivity contribution is -0.192. The summed E-state index contributed by atoms with van der Waals surface area (Å²) in [5.74, 6) is -1.83. The Morgan fingerprint density at radius 2 is 2.03 bits per heavy atom. The Labute approximate surface area is 175 Å². The van der Waals surface area contributed by atoms with Crippen LogP contribution in [0.1, 0.15) is 29.5 Å². The normalized spacial score (nSPS) is 18.8. The van der Waals surface area contributed by atoms with Crippen molar-refractivity contribution in [3.8, 4) is 0 Å². The van der Waals surface area contributed by atoms with Gasteiger partial charge in [0.25, 0.3) is 0 Å². The summed E-state index contributed by atoms with van der Waals surface area (Å²) >= 11 is 1.74. The molecule has 7 nitrogen and oxygen atoms in total. The van der Waals surface area contributed by atoms with Gasteiger partial charge in [0.2, 0.25) is 5.91 Å². The maximum Gasteiger partial charge on any atom is 0.490 e. The summed E-state index contributed by atoms with van der Waals surface area (Å²) in [5.41, 5.74) is 1.15. The average Bonchev–Trinajstić information content (AvgIpc) is 3.15. The molecule has 1 fully saturated rings. The number of amides is 1. The standard InChI is InChI=1S/C17H22N4OS.C2HF3O2/c22-17(18-7-6-15-2-1-9-23-15)16-12-20(10-13-3-4-13)11-14-5-8-19-21(14)16;3-2(4,5)1(6)7/h1-2,5,8-9,13,16H,3-4,6-7,10-12H2,(H,18,22);(H,6,7). The van der Waals surface area contributed by atoms with Gasteiger partial charge in [-0.3, -0.25) is 14.4 Å². The van der Waals surface area contributed by atoms with Gasteiger partial charge < -0.3 is 10.4 Å². The van der Waals surface area contributed by atoms with E-state index in [4.69, 9.17) is 9.90 Å². The molecule has 1 saturated carbocycles. The third kappa shape index (κ3) is 6.30. The summed E-state index contributed by atoms with van der Waals surface area (Å²) in [4.78, 5) is 25.3. The molecule has 1 amide bonds. The summed E-state index contributed by atoms with van der Waals surface area (Å²) in [7, 11) is 0. The first-order valence-electron chi connectivity index (χ1n) is 9.59. The second-order valence-electron chi connectivity index (χ2n) is 7.34. The summed E-state index contributed by atoms with van der Waals surface area (Å²) in [6, 6.07) is 6.00. The van der Waals surface area contributed by atoms with Gasteiger partial charge >= 0.3 is 12.1 Å². The highest BCUT2D eigenvalue weighted by Gasteiger charge is 2.38. The average molecular weight is 444 g/mol. The molecule has 2 N–H and O–H groups in total. The number of fused-ring (bicyclic) bond motifs is 1. The molecule has 0 radical (unpaired) electrons. The Kier molecular flexibility index (Phi) is 7.14. The second kappa shape index (κ2) is 9.61. The molecule has 2 aliphatic rings. The number of thiophene rings is 1. The third-order valence-electron chi connectivity index (χ3n) is 4.87. The first kappa shape index (κ1) is 22.3. The number of carboxylic acids is 1. The van der Waals surface area contributed by atoms with Crippen molar-refractivity contribution in [3.05, 3.63) is 40.3 Å². The minimum atomic E-state index is -5.08. The van der Waals surface area contributed by atoms with E-state index in [1.165, 1.54) is 17.7 Å². The van der Waals surface area contributed by atoms with Crippen LogP contribution in [0, 0.1) is 5.92 Å². The number of carbonyl (C=O) groups is 2. The predicted molar refractivity (Wildman–Crippen MR) is 104 cm³/mol. The van der Waals surface area contributed by atoms with Crippen LogP contribution in [-0.2, 0) is 22.6 Å². The van der Waals surface area contributed by atoms with Gasteiger partial charge in [-0.25, -0.2) is 4.79 Å². The molecule has 0 saturated heterocycles. The van der Waals surface area contributed by atoms with Crippen molar-refractivity contribution >= 4 is 23.2 Å². The molecule has 1 aliphatic heterocycles. The Hall–Kier alpha value is -2.40. The summed E-state index contributed by atoms with van der Waals surface area (Å²) in [6.07, 6.45) is 0.302. The zero-order valence-corrected chi connectivity index (χ0v) is 17.0. The maximum atomic E-state index is 12.6. The molecule has 0 aromatic carbocycles. The Balaban J connectivity index is 0.000000318. The van der Waals surface area contributed by atoms with Crippen molar-refractivity contribution in [2.45, 2.75) is 38.0 Å². The molecule has 3 heterocycles. The van der Waals surface area contributed by atoms with Crippen molar-refractivity contribution in [3.63, 3.8) is 0 Å². The number of alkyl halides is 3. The van der Waals surface area contributed by atoms with E-state index in [1.807, 2.05) is 16.9 Å². The van der Waals surface area contributed by atoms with Gasteiger partial charge in [0.1, 0.15) is 6.04 Å². The van der Waals surface area contributed by atoms with Crippen LogP contribution in [0.15, 0.2) is 29.8 Å². The molecule has 1 unspecified atom stereocenters. The number of aliphatic carboxylic acids is 1. The van der Waals surface area contributed by atoms with Crippen LogP contribution in [0.4, 0.5) is 13.2 Å². The monoisotopic (exact) mass is 444 g/mol. The topological polar surface area (TPSA) is 87.5 Å². The fourth-order valence-corrected chi connectivity index (χ4v) is 3.95. The fraction of sp³-hybridized carbons (Fsp3) is 0.526. The number of aromatic nitrogens is 2. The highest BCUT2D eigenvalue weighted by molar-refractivity contribution is 7.09. The lowest BCUT2D eigenvalue weighted by Gasteiger charge is -2.33. The van der Waals surface area contributed by atoms with Gasteiger partial charge in [-0.2, -0.15) is 18.3 Å². The highest BCUT2D eigenvalue weighted by atomic mass is 32.1. The van der Waals surface area contributed by atoms with Gasteiger partial charge in [0.05, 0.1) is 5.69 Å². The van der Waals surface area contributed by atoms with Crippen LogP contribution >= 0.6 is 11.3 Å². The van der Waals surface area contributed by atoms with E-state index in [2.05, 4.69) is 32.8 Å². The van der Waals surface area contributed by atoms with Gasteiger partial charge in [-0.1, -0.05) is 6.07 Å². The quantitative estimate of drug-likeness (QED) is 0.716. The molecular weight excluding hydrogens is 421 g/mol. The van der Waals surface area contributed by atoms with E-state index >= 15 is 0 Å². The zero-order chi connectivity index (χ0) is 21.7. The lowest BCUT2D eigenvalue weighted by atomic mass is 10.1. The molecule has 1 atom stereocenters. The van der Waals surface area contributed by atoms with Crippen LogP contribution < -0.4 is 5.32 Å². The number of rotatable bonds is 6. The minimum absolute atomic E-state index is 0.0898.